The molecule has 0 atom stereocenters. The number of anilines is 2. The van der Waals surface area contributed by atoms with Crippen molar-refractivity contribution in [1.29, 1.82) is 0 Å². The van der Waals surface area contributed by atoms with E-state index in [1.807, 2.05) is 6.07 Å². The van der Waals surface area contributed by atoms with E-state index in [9.17, 15) is 4.39 Å². The van der Waals surface area contributed by atoms with Crippen molar-refractivity contribution in [3.05, 3.63) is 71.4 Å². The second-order valence-electron chi connectivity index (χ2n) is 6.56. The standard InChI is InChI=1S/C21H19FN3/c1-14-5-8-20-17(10-14)4-3-9-25(20)21-18(12-23-13-24-21)16-6-7-19(22)15(2)11-16/h5-8,10-12H,3-4,9H2,1-2H3. The first-order valence-corrected chi connectivity index (χ1v) is 8.50. The summed E-state index contributed by atoms with van der Waals surface area (Å²) in [7, 11) is 0. The molecular formula is C21H19FN3. The smallest absolute Gasteiger partial charge is 0.199 e. The van der Waals surface area contributed by atoms with Gasteiger partial charge in [0.15, 0.2) is 6.33 Å². The van der Waals surface area contributed by atoms with Gasteiger partial charge >= 0.3 is 0 Å². The lowest BCUT2D eigenvalue weighted by molar-refractivity contribution is 0.619. The van der Waals surface area contributed by atoms with Crippen LogP contribution in [0.15, 0.2) is 42.6 Å². The molecule has 125 valence electrons. The Kier molecular flexibility index (Phi) is 3.96. The minimum Gasteiger partial charge on any atom is -0.325 e. The third-order valence-corrected chi connectivity index (χ3v) is 4.73. The van der Waals surface area contributed by atoms with Crippen LogP contribution < -0.4 is 4.90 Å². The lowest BCUT2D eigenvalue weighted by Crippen LogP contribution is -2.26. The molecule has 0 N–H and O–H groups in total. The predicted octanol–water partition coefficient (Wildman–Crippen LogP) is 4.78. The fourth-order valence-electron chi connectivity index (χ4n) is 3.46. The maximum absolute atomic E-state index is 13.7. The van der Waals surface area contributed by atoms with Crippen molar-refractivity contribution in [3.63, 3.8) is 0 Å². The van der Waals surface area contributed by atoms with Gasteiger partial charge in [-0.2, -0.15) is 0 Å². The van der Waals surface area contributed by atoms with E-state index < -0.39 is 0 Å². The Morgan fingerprint density at radius 2 is 2.00 bits per heavy atom. The molecule has 4 rings (SSSR count). The maximum Gasteiger partial charge on any atom is 0.199 e. The third-order valence-electron chi connectivity index (χ3n) is 4.73. The summed E-state index contributed by atoms with van der Waals surface area (Å²) >= 11 is 0. The average Bonchev–Trinajstić information content (AvgIpc) is 2.63. The van der Waals surface area contributed by atoms with Crippen LogP contribution in [0.5, 0.6) is 0 Å². The van der Waals surface area contributed by atoms with Crippen molar-refractivity contribution in [2.75, 3.05) is 11.4 Å². The molecule has 2 heterocycles. The van der Waals surface area contributed by atoms with Gasteiger partial charge < -0.3 is 4.90 Å². The van der Waals surface area contributed by atoms with Crippen molar-refractivity contribution in [2.45, 2.75) is 26.7 Å². The summed E-state index contributed by atoms with van der Waals surface area (Å²) in [6, 6.07) is 11.7. The van der Waals surface area contributed by atoms with Crippen molar-refractivity contribution in [1.82, 2.24) is 9.97 Å². The highest BCUT2D eigenvalue weighted by Crippen LogP contribution is 2.37. The molecule has 1 aliphatic rings. The zero-order valence-electron chi connectivity index (χ0n) is 14.4. The van der Waals surface area contributed by atoms with Crippen molar-refractivity contribution in [3.8, 4) is 11.1 Å². The number of aryl methyl sites for hydroxylation is 3. The van der Waals surface area contributed by atoms with Gasteiger partial charge in [0.1, 0.15) is 11.6 Å². The second-order valence-corrected chi connectivity index (χ2v) is 6.56. The van der Waals surface area contributed by atoms with Gasteiger partial charge in [-0.15, -0.1) is 0 Å². The molecule has 0 amide bonds. The van der Waals surface area contributed by atoms with E-state index in [1.54, 1.807) is 19.2 Å². The van der Waals surface area contributed by atoms with Crippen LogP contribution in [0.25, 0.3) is 11.1 Å². The number of hydrogen-bond donors (Lipinski definition) is 0. The van der Waals surface area contributed by atoms with Crippen LogP contribution in [0.3, 0.4) is 0 Å². The van der Waals surface area contributed by atoms with Gasteiger partial charge in [0.05, 0.1) is 0 Å². The SMILES string of the molecule is Cc1ccc2c(c1)CCCN2c1n[c]ncc1-c1ccc(F)c(C)c1. The molecule has 0 saturated carbocycles. The summed E-state index contributed by atoms with van der Waals surface area (Å²) in [5.74, 6) is 0.623. The van der Waals surface area contributed by atoms with Crippen LogP contribution in [0.4, 0.5) is 15.9 Å². The van der Waals surface area contributed by atoms with Crippen LogP contribution in [-0.2, 0) is 6.42 Å². The van der Waals surface area contributed by atoms with Gasteiger partial charge in [-0.05, 0) is 61.6 Å². The van der Waals surface area contributed by atoms with E-state index in [2.05, 4.69) is 46.3 Å². The molecule has 4 heteroatoms. The predicted molar refractivity (Wildman–Crippen MR) is 97.5 cm³/mol. The topological polar surface area (TPSA) is 29.0 Å². The van der Waals surface area contributed by atoms with Crippen LogP contribution in [0.1, 0.15) is 23.1 Å². The highest BCUT2D eigenvalue weighted by molar-refractivity contribution is 5.80. The summed E-state index contributed by atoms with van der Waals surface area (Å²) in [6.45, 7) is 4.78. The Morgan fingerprint density at radius 1 is 1.12 bits per heavy atom. The van der Waals surface area contributed by atoms with Crippen LogP contribution in [0, 0.1) is 26.0 Å². The molecule has 1 aliphatic heterocycles. The zero-order valence-corrected chi connectivity index (χ0v) is 14.4. The Hall–Kier alpha value is -2.75. The lowest BCUT2D eigenvalue weighted by atomic mass is 9.98. The van der Waals surface area contributed by atoms with E-state index >= 15 is 0 Å². The molecule has 3 aromatic rings. The van der Waals surface area contributed by atoms with Crippen molar-refractivity contribution in [2.24, 2.45) is 0 Å². The molecule has 0 spiro atoms. The molecule has 25 heavy (non-hydrogen) atoms. The number of hydrogen-bond acceptors (Lipinski definition) is 3. The molecule has 1 radical (unpaired) electrons. The van der Waals surface area contributed by atoms with Crippen molar-refractivity contribution < 1.29 is 4.39 Å². The van der Waals surface area contributed by atoms with E-state index in [0.717, 1.165) is 36.3 Å². The first-order valence-electron chi connectivity index (χ1n) is 8.50. The fourth-order valence-corrected chi connectivity index (χ4v) is 3.46. The summed E-state index contributed by atoms with van der Waals surface area (Å²) in [6.07, 6.45) is 6.63. The summed E-state index contributed by atoms with van der Waals surface area (Å²) in [5, 5.41) is 0. The molecule has 3 nitrogen and oxygen atoms in total. The van der Waals surface area contributed by atoms with Gasteiger partial charge in [-0.1, -0.05) is 23.8 Å². The minimum atomic E-state index is -0.201. The van der Waals surface area contributed by atoms with Gasteiger partial charge in [-0.25, -0.2) is 14.4 Å². The fraction of sp³-hybridized carbons (Fsp3) is 0.238. The monoisotopic (exact) mass is 332 g/mol. The second kappa shape index (κ2) is 6.28. The van der Waals surface area contributed by atoms with Gasteiger partial charge in [0.2, 0.25) is 0 Å². The van der Waals surface area contributed by atoms with Gasteiger partial charge in [-0.3, -0.25) is 0 Å². The summed E-state index contributed by atoms with van der Waals surface area (Å²) < 4.78 is 13.7. The molecule has 0 unspecified atom stereocenters. The van der Waals surface area contributed by atoms with Crippen molar-refractivity contribution >= 4 is 11.5 Å². The minimum absolute atomic E-state index is 0.201. The molecule has 0 bridgehead atoms. The van der Waals surface area contributed by atoms with Crippen LogP contribution in [0.2, 0.25) is 0 Å². The van der Waals surface area contributed by atoms with Crippen LogP contribution >= 0.6 is 0 Å². The Bertz CT molecular complexity index is 936. The Labute approximate surface area is 147 Å². The van der Waals surface area contributed by atoms with Gasteiger partial charge in [0, 0.05) is 24.0 Å². The normalized spacial score (nSPS) is 13.6. The number of halogens is 1. The number of aromatic nitrogens is 2. The molecule has 1 aromatic heterocycles. The zero-order chi connectivity index (χ0) is 17.4. The van der Waals surface area contributed by atoms with E-state index in [1.165, 1.54) is 22.9 Å². The molecule has 0 aliphatic carbocycles. The first kappa shape index (κ1) is 15.8. The summed E-state index contributed by atoms with van der Waals surface area (Å²) in [5.41, 5.74) is 6.22. The number of nitrogens with zero attached hydrogens (tertiary/aromatic N) is 3. The summed E-state index contributed by atoms with van der Waals surface area (Å²) in [4.78, 5) is 10.8. The highest BCUT2D eigenvalue weighted by Gasteiger charge is 2.22. The number of benzene rings is 2. The molecule has 0 saturated heterocycles. The van der Waals surface area contributed by atoms with Crippen LogP contribution in [-0.4, -0.2) is 16.5 Å². The number of fused-ring (bicyclic) bond motifs is 1. The van der Waals surface area contributed by atoms with E-state index in [4.69, 9.17) is 0 Å². The first-order chi connectivity index (χ1) is 12.1. The highest BCUT2D eigenvalue weighted by atomic mass is 19.1. The van der Waals surface area contributed by atoms with E-state index in [-0.39, 0.29) is 5.82 Å². The Balaban J connectivity index is 1.84. The lowest BCUT2D eigenvalue weighted by Gasteiger charge is -2.31. The third kappa shape index (κ3) is 2.88. The molecular weight excluding hydrogens is 313 g/mol. The maximum atomic E-state index is 13.7. The number of rotatable bonds is 2. The molecule has 2 aromatic carbocycles. The quantitative estimate of drug-likeness (QED) is 0.676. The average molecular weight is 332 g/mol. The van der Waals surface area contributed by atoms with E-state index in [0.29, 0.717) is 5.56 Å². The van der Waals surface area contributed by atoms with Gasteiger partial charge in [0.25, 0.3) is 0 Å². The largest absolute Gasteiger partial charge is 0.325 e. The molecule has 0 fully saturated rings. The Morgan fingerprint density at radius 3 is 2.84 bits per heavy atom.